The summed E-state index contributed by atoms with van der Waals surface area (Å²) in [6.07, 6.45) is 0. The third kappa shape index (κ3) is 3.89. The number of nitrogens with one attached hydrogen (secondary N) is 1. The lowest BCUT2D eigenvalue weighted by Crippen LogP contribution is -2.25. The molecule has 1 heterocycles. The second-order valence-corrected chi connectivity index (χ2v) is 7.85. The summed E-state index contributed by atoms with van der Waals surface area (Å²) in [5.41, 5.74) is 4.22. The van der Waals surface area contributed by atoms with Crippen molar-refractivity contribution in [2.24, 2.45) is 7.05 Å². The summed E-state index contributed by atoms with van der Waals surface area (Å²) in [6.45, 7) is 0.408. The van der Waals surface area contributed by atoms with Gasteiger partial charge in [-0.2, -0.15) is 0 Å². The molecule has 1 aromatic heterocycles. The van der Waals surface area contributed by atoms with E-state index in [0.29, 0.717) is 22.3 Å². The molecule has 0 spiro atoms. The van der Waals surface area contributed by atoms with Crippen LogP contribution in [0.1, 0.15) is 16.1 Å². The average molecular weight is 439 g/mol. The van der Waals surface area contributed by atoms with E-state index in [4.69, 9.17) is 27.9 Å². The summed E-state index contributed by atoms with van der Waals surface area (Å²) >= 11 is 12.3. The minimum absolute atomic E-state index is 0.161. The maximum atomic E-state index is 13.3. The van der Waals surface area contributed by atoms with Gasteiger partial charge >= 0.3 is 0 Å². The molecule has 6 heteroatoms. The minimum Gasteiger partial charge on any atom is -0.497 e. The summed E-state index contributed by atoms with van der Waals surface area (Å²) in [6, 6.07) is 20.7. The standard InChI is InChI=1S/C24H20Cl2N2O2/c1-28-21-12-9-18(26)13-20(21)22(16-5-7-17(25)8-6-16)23(28)24(29)27-14-15-3-10-19(30-2)11-4-15/h3-13H,14H2,1-2H3,(H,27,29). The van der Waals surface area contributed by atoms with Crippen molar-refractivity contribution in [1.29, 1.82) is 0 Å². The van der Waals surface area contributed by atoms with E-state index in [1.807, 2.05) is 78.3 Å². The minimum atomic E-state index is -0.161. The van der Waals surface area contributed by atoms with Gasteiger partial charge in [0.05, 0.1) is 7.11 Å². The number of hydrogen-bond acceptors (Lipinski definition) is 2. The number of fused-ring (bicyclic) bond motifs is 1. The molecule has 0 saturated heterocycles. The van der Waals surface area contributed by atoms with Crippen molar-refractivity contribution in [3.8, 4) is 16.9 Å². The van der Waals surface area contributed by atoms with Gasteiger partial charge in [0.15, 0.2) is 0 Å². The number of hydrogen-bond donors (Lipinski definition) is 1. The first-order chi connectivity index (χ1) is 14.5. The van der Waals surface area contributed by atoms with E-state index in [-0.39, 0.29) is 5.91 Å². The van der Waals surface area contributed by atoms with E-state index in [0.717, 1.165) is 33.3 Å². The first-order valence-corrected chi connectivity index (χ1v) is 10.2. The molecule has 0 atom stereocenters. The predicted octanol–water partition coefficient (Wildman–Crippen LogP) is 6.09. The lowest BCUT2D eigenvalue weighted by molar-refractivity contribution is 0.0944. The van der Waals surface area contributed by atoms with Crippen LogP contribution in [0, 0.1) is 0 Å². The van der Waals surface area contributed by atoms with Crippen LogP contribution in [0.4, 0.5) is 0 Å². The highest BCUT2D eigenvalue weighted by atomic mass is 35.5. The quantitative estimate of drug-likeness (QED) is 0.409. The lowest BCUT2D eigenvalue weighted by atomic mass is 10.0. The molecule has 4 rings (SSSR count). The highest BCUT2D eigenvalue weighted by molar-refractivity contribution is 6.32. The fourth-order valence-electron chi connectivity index (χ4n) is 3.60. The van der Waals surface area contributed by atoms with Gasteiger partial charge in [0.2, 0.25) is 0 Å². The number of benzene rings is 3. The molecule has 4 aromatic rings. The zero-order valence-corrected chi connectivity index (χ0v) is 18.1. The van der Waals surface area contributed by atoms with E-state index >= 15 is 0 Å². The summed E-state index contributed by atoms with van der Waals surface area (Å²) in [5, 5.41) is 5.21. The number of ether oxygens (including phenoxy) is 1. The molecule has 0 radical (unpaired) electrons. The molecule has 0 aliphatic heterocycles. The number of aryl methyl sites for hydroxylation is 1. The topological polar surface area (TPSA) is 43.3 Å². The molecule has 0 unspecified atom stereocenters. The Kier molecular flexibility index (Phi) is 5.71. The molecule has 0 fully saturated rings. The fourth-order valence-corrected chi connectivity index (χ4v) is 3.90. The SMILES string of the molecule is COc1ccc(CNC(=O)c2c(-c3ccc(Cl)cc3)c3cc(Cl)ccc3n2C)cc1. The highest BCUT2D eigenvalue weighted by Crippen LogP contribution is 2.36. The summed E-state index contributed by atoms with van der Waals surface area (Å²) in [4.78, 5) is 13.3. The van der Waals surface area contributed by atoms with Gasteiger partial charge in [0, 0.05) is 40.1 Å². The number of halogens is 2. The van der Waals surface area contributed by atoms with Crippen LogP contribution in [-0.4, -0.2) is 17.6 Å². The molecular formula is C24H20Cl2N2O2. The summed E-state index contributed by atoms with van der Waals surface area (Å²) in [7, 11) is 3.51. The molecular weight excluding hydrogens is 419 g/mol. The third-order valence-electron chi connectivity index (χ3n) is 5.12. The summed E-state index contributed by atoms with van der Waals surface area (Å²) < 4.78 is 7.09. The van der Waals surface area contributed by atoms with Crippen molar-refractivity contribution >= 4 is 40.0 Å². The first-order valence-electron chi connectivity index (χ1n) is 9.43. The monoisotopic (exact) mass is 438 g/mol. The Labute approximate surface area is 185 Å². The lowest BCUT2D eigenvalue weighted by Gasteiger charge is -2.10. The van der Waals surface area contributed by atoms with Crippen LogP contribution in [0.3, 0.4) is 0 Å². The van der Waals surface area contributed by atoms with Crippen LogP contribution in [0.5, 0.6) is 5.75 Å². The van der Waals surface area contributed by atoms with E-state index in [9.17, 15) is 4.79 Å². The van der Waals surface area contributed by atoms with Crippen molar-refractivity contribution in [1.82, 2.24) is 9.88 Å². The number of nitrogens with zero attached hydrogens (tertiary/aromatic N) is 1. The molecule has 0 aliphatic rings. The Hall–Kier alpha value is -2.95. The molecule has 3 aromatic carbocycles. The molecule has 152 valence electrons. The second kappa shape index (κ2) is 8.42. The Morgan fingerprint density at radius 1 is 0.967 bits per heavy atom. The van der Waals surface area contributed by atoms with Gasteiger partial charge in [-0.25, -0.2) is 0 Å². The molecule has 0 bridgehead atoms. The number of amides is 1. The zero-order valence-electron chi connectivity index (χ0n) is 16.6. The number of methoxy groups -OCH3 is 1. The second-order valence-electron chi connectivity index (χ2n) is 6.98. The van der Waals surface area contributed by atoms with Gasteiger partial charge in [-0.1, -0.05) is 47.5 Å². The van der Waals surface area contributed by atoms with E-state index < -0.39 is 0 Å². The largest absolute Gasteiger partial charge is 0.497 e. The number of carbonyl (C=O) groups excluding carboxylic acids is 1. The molecule has 0 saturated carbocycles. The molecule has 0 aliphatic carbocycles. The van der Waals surface area contributed by atoms with Gasteiger partial charge in [-0.15, -0.1) is 0 Å². The maximum Gasteiger partial charge on any atom is 0.268 e. The van der Waals surface area contributed by atoms with Crippen LogP contribution in [0.25, 0.3) is 22.0 Å². The smallest absolute Gasteiger partial charge is 0.268 e. The highest BCUT2D eigenvalue weighted by Gasteiger charge is 2.22. The van der Waals surface area contributed by atoms with Crippen molar-refractivity contribution < 1.29 is 9.53 Å². The molecule has 30 heavy (non-hydrogen) atoms. The predicted molar refractivity (Wildman–Crippen MR) is 123 cm³/mol. The van der Waals surface area contributed by atoms with Crippen LogP contribution in [-0.2, 0) is 13.6 Å². The van der Waals surface area contributed by atoms with Crippen LogP contribution >= 0.6 is 23.2 Å². The Morgan fingerprint density at radius 3 is 2.30 bits per heavy atom. The fraction of sp³-hybridized carbons (Fsp3) is 0.125. The maximum absolute atomic E-state index is 13.3. The van der Waals surface area contributed by atoms with Crippen molar-refractivity contribution in [3.05, 3.63) is 88.0 Å². The Balaban J connectivity index is 1.74. The Bertz CT molecular complexity index is 1210. The van der Waals surface area contributed by atoms with Gasteiger partial charge in [0.25, 0.3) is 5.91 Å². The van der Waals surface area contributed by atoms with Gasteiger partial charge in [0.1, 0.15) is 11.4 Å². The number of rotatable bonds is 5. The number of carbonyl (C=O) groups is 1. The van der Waals surface area contributed by atoms with Crippen LogP contribution in [0.15, 0.2) is 66.7 Å². The van der Waals surface area contributed by atoms with Gasteiger partial charge < -0.3 is 14.6 Å². The number of aromatic nitrogens is 1. The molecule has 1 N–H and O–H groups in total. The van der Waals surface area contributed by atoms with Crippen LogP contribution < -0.4 is 10.1 Å². The normalized spacial score (nSPS) is 10.9. The van der Waals surface area contributed by atoms with E-state index in [1.165, 1.54) is 0 Å². The zero-order chi connectivity index (χ0) is 21.3. The van der Waals surface area contributed by atoms with Crippen molar-refractivity contribution in [2.75, 3.05) is 7.11 Å². The summed E-state index contributed by atoms with van der Waals surface area (Å²) in [5.74, 6) is 0.617. The van der Waals surface area contributed by atoms with E-state index in [1.54, 1.807) is 7.11 Å². The molecule has 4 nitrogen and oxygen atoms in total. The van der Waals surface area contributed by atoms with Crippen molar-refractivity contribution in [2.45, 2.75) is 6.54 Å². The van der Waals surface area contributed by atoms with Gasteiger partial charge in [-0.3, -0.25) is 4.79 Å². The Morgan fingerprint density at radius 2 is 1.63 bits per heavy atom. The van der Waals surface area contributed by atoms with Crippen molar-refractivity contribution in [3.63, 3.8) is 0 Å². The van der Waals surface area contributed by atoms with Gasteiger partial charge in [-0.05, 0) is 53.6 Å². The average Bonchev–Trinajstić information content (AvgIpc) is 3.04. The third-order valence-corrected chi connectivity index (χ3v) is 5.61. The first kappa shape index (κ1) is 20.3. The van der Waals surface area contributed by atoms with Crippen LogP contribution in [0.2, 0.25) is 10.0 Å². The molecule has 1 amide bonds. The van der Waals surface area contributed by atoms with E-state index in [2.05, 4.69) is 5.32 Å².